The Labute approximate surface area is 232 Å². The molecule has 0 radical (unpaired) electrons. The number of likely N-dealkylation sites (tertiary alicyclic amines) is 1. The van der Waals surface area contributed by atoms with Gasteiger partial charge in [0.1, 0.15) is 12.3 Å². The number of carbonyl (C=O) groups is 1. The molecule has 4 heterocycles. The molecule has 0 bridgehead atoms. The summed E-state index contributed by atoms with van der Waals surface area (Å²) >= 11 is 0. The lowest BCUT2D eigenvalue weighted by molar-refractivity contribution is -0.128. The molecule has 3 aromatic rings. The number of rotatable bonds is 10. The molecule has 40 heavy (non-hydrogen) atoms. The Hall–Kier alpha value is -3.66. The molecular formula is C30H34F2N6O2. The summed E-state index contributed by atoms with van der Waals surface area (Å²) in [7, 11) is 0. The average molecular weight is 549 g/mol. The van der Waals surface area contributed by atoms with Crippen LogP contribution in [0, 0.1) is 11.8 Å². The van der Waals surface area contributed by atoms with Crippen LogP contribution >= 0.6 is 0 Å². The Balaban J connectivity index is 0.957. The smallest absolute Gasteiger partial charge is 0.280 e. The molecule has 1 aliphatic carbocycles. The van der Waals surface area contributed by atoms with Crippen molar-refractivity contribution in [2.75, 3.05) is 37.6 Å². The van der Waals surface area contributed by atoms with Crippen LogP contribution in [-0.2, 0) is 23.4 Å². The Morgan fingerprint density at radius 3 is 2.30 bits per heavy atom. The van der Waals surface area contributed by atoms with Gasteiger partial charge in [0, 0.05) is 87.0 Å². The van der Waals surface area contributed by atoms with E-state index in [1.807, 2.05) is 17.0 Å². The second-order valence-corrected chi connectivity index (χ2v) is 11.3. The SMILES string of the molecule is CC(=O)N1C[C@@H]2CN(c3ccc(CNCC4(c5ccc(OCc6ccc(C(F)F)nc6)nn5)CC4)cc3)C[C@@H]2C1. The predicted molar refractivity (Wildman–Crippen MR) is 146 cm³/mol. The Morgan fingerprint density at radius 1 is 1.00 bits per heavy atom. The van der Waals surface area contributed by atoms with Crippen molar-refractivity contribution in [2.24, 2.45) is 11.8 Å². The fourth-order valence-corrected chi connectivity index (χ4v) is 5.89. The molecule has 2 atom stereocenters. The van der Waals surface area contributed by atoms with Gasteiger partial charge in [-0.3, -0.25) is 9.78 Å². The standard InChI is InChI=1S/C30H34F2N6O2/c1-20(39)37-14-23-16-38(17-24(23)15-37)25-5-2-21(3-6-25)12-33-19-30(10-11-30)27-8-9-28(36-35-27)40-18-22-4-7-26(29(31)32)34-13-22/h2-9,13,23-24,29,33H,10-12,14-19H2,1H3/t23-,24+. The van der Waals surface area contributed by atoms with Crippen molar-refractivity contribution in [1.29, 1.82) is 0 Å². The van der Waals surface area contributed by atoms with E-state index >= 15 is 0 Å². The number of aromatic nitrogens is 3. The summed E-state index contributed by atoms with van der Waals surface area (Å²) in [6.45, 7) is 7.28. The fraction of sp³-hybridized carbons (Fsp3) is 0.467. The molecular weight excluding hydrogens is 514 g/mol. The summed E-state index contributed by atoms with van der Waals surface area (Å²) in [6.07, 6.45) is 0.937. The van der Waals surface area contributed by atoms with Crippen LogP contribution in [0.4, 0.5) is 14.5 Å². The lowest BCUT2D eigenvalue weighted by Gasteiger charge is -2.23. The number of carbonyl (C=O) groups excluding carboxylic acids is 1. The first-order chi connectivity index (χ1) is 19.4. The summed E-state index contributed by atoms with van der Waals surface area (Å²) in [5.41, 5.74) is 3.89. The van der Waals surface area contributed by atoms with Gasteiger partial charge in [0.25, 0.3) is 6.43 Å². The van der Waals surface area contributed by atoms with Crippen molar-refractivity contribution < 1.29 is 18.3 Å². The fourth-order valence-electron chi connectivity index (χ4n) is 5.89. The molecule has 1 aromatic carbocycles. The number of halogens is 2. The van der Waals surface area contributed by atoms with Gasteiger partial charge in [0.2, 0.25) is 11.8 Å². The van der Waals surface area contributed by atoms with E-state index < -0.39 is 6.43 Å². The van der Waals surface area contributed by atoms with Gasteiger partial charge in [-0.05, 0) is 42.7 Å². The summed E-state index contributed by atoms with van der Waals surface area (Å²) in [4.78, 5) is 19.9. The number of fused-ring (bicyclic) bond motifs is 1. The molecule has 1 N–H and O–H groups in total. The van der Waals surface area contributed by atoms with Crippen LogP contribution < -0.4 is 15.0 Å². The minimum atomic E-state index is -2.58. The topological polar surface area (TPSA) is 83.5 Å². The largest absolute Gasteiger partial charge is 0.472 e. The highest BCUT2D eigenvalue weighted by Crippen LogP contribution is 2.46. The van der Waals surface area contributed by atoms with Crippen molar-refractivity contribution in [3.8, 4) is 5.88 Å². The van der Waals surface area contributed by atoms with Gasteiger partial charge in [0.05, 0.1) is 5.69 Å². The summed E-state index contributed by atoms with van der Waals surface area (Å²) in [5.74, 6) is 1.74. The zero-order chi connectivity index (χ0) is 27.7. The third kappa shape index (κ3) is 5.77. The van der Waals surface area contributed by atoms with E-state index in [0.717, 1.165) is 57.8 Å². The lowest BCUT2D eigenvalue weighted by atomic mass is 10.0. The van der Waals surface area contributed by atoms with E-state index in [-0.39, 0.29) is 23.6 Å². The van der Waals surface area contributed by atoms with E-state index in [2.05, 4.69) is 49.7 Å². The zero-order valence-corrected chi connectivity index (χ0v) is 22.6. The van der Waals surface area contributed by atoms with Gasteiger partial charge < -0.3 is 19.9 Å². The molecule has 0 unspecified atom stereocenters. The van der Waals surface area contributed by atoms with Gasteiger partial charge >= 0.3 is 0 Å². The van der Waals surface area contributed by atoms with Crippen molar-refractivity contribution >= 4 is 11.6 Å². The molecule has 3 fully saturated rings. The molecule has 210 valence electrons. The quantitative estimate of drug-likeness (QED) is 0.408. The number of nitrogens with one attached hydrogen (secondary N) is 1. The van der Waals surface area contributed by atoms with E-state index in [1.54, 1.807) is 13.0 Å². The predicted octanol–water partition coefficient (Wildman–Crippen LogP) is 4.12. The number of hydrogen-bond acceptors (Lipinski definition) is 7. The van der Waals surface area contributed by atoms with Crippen LogP contribution in [0.3, 0.4) is 0 Å². The third-order valence-electron chi connectivity index (χ3n) is 8.52. The number of alkyl halides is 2. The van der Waals surface area contributed by atoms with E-state index in [0.29, 0.717) is 23.3 Å². The molecule has 8 nitrogen and oxygen atoms in total. The maximum Gasteiger partial charge on any atom is 0.280 e. The summed E-state index contributed by atoms with van der Waals surface area (Å²) in [6, 6.07) is 15.5. The van der Waals surface area contributed by atoms with E-state index in [9.17, 15) is 13.6 Å². The minimum absolute atomic E-state index is 0.00157. The van der Waals surface area contributed by atoms with Gasteiger partial charge in [-0.15, -0.1) is 5.10 Å². The van der Waals surface area contributed by atoms with Crippen LogP contribution in [0.5, 0.6) is 5.88 Å². The van der Waals surface area contributed by atoms with Gasteiger partial charge in [-0.25, -0.2) is 8.78 Å². The summed E-state index contributed by atoms with van der Waals surface area (Å²) in [5, 5.41) is 12.3. The molecule has 1 amide bonds. The molecule has 6 rings (SSSR count). The first kappa shape index (κ1) is 26.6. The Kier molecular flexibility index (Phi) is 7.35. The maximum absolute atomic E-state index is 12.7. The Morgan fingerprint density at radius 2 is 1.73 bits per heavy atom. The monoisotopic (exact) mass is 548 g/mol. The number of pyridine rings is 1. The van der Waals surface area contributed by atoms with Crippen LogP contribution in [0.15, 0.2) is 54.7 Å². The average Bonchev–Trinajstić information content (AvgIpc) is 3.47. The van der Waals surface area contributed by atoms with E-state index in [4.69, 9.17) is 4.74 Å². The molecule has 2 saturated heterocycles. The van der Waals surface area contributed by atoms with Crippen molar-refractivity contribution in [3.63, 3.8) is 0 Å². The van der Waals surface area contributed by atoms with Crippen LogP contribution in [0.1, 0.15) is 48.7 Å². The number of amides is 1. The maximum atomic E-state index is 12.7. The number of hydrogen-bond donors (Lipinski definition) is 1. The molecule has 10 heteroatoms. The second kappa shape index (κ2) is 11.1. The normalized spacial score (nSPS) is 21.1. The first-order valence-electron chi connectivity index (χ1n) is 13.9. The van der Waals surface area contributed by atoms with Gasteiger partial charge in [-0.1, -0.05) is 18.2 Å². The number of anilines is 1. The molecule has 1 saturated carbocycles. The highest BCUT2D eigenvalue weighted by atomic mass is 19.3. The lowest BCUT2D eigenvalue weighted by Crippen LogP contribution is -2.31. The minimum Gasteiger partial charge on any atom is -0.472 e. The second-order valence-electron chi connectivity index (χ2n) is 11.3. The molecule has 2 aromatic heterocycles. The molecule has 2 aliphatic heterocycles. The van der Waals surface area contributed by atoms with Crippen molar-refractivity contribution in [2.45, 2.75) is 44.8 Å². The molecule has 3 aliphatic rings. The van der Waals surface area contributed by atoms with E-state index in [1.165, 1.54) is 23.5 Å². The van der Waals surface area contributed by atoms with Crippen molar-refractivity contribution in [1.82, 2.24) is 25.4 Å². The van der Waals surface area contributed by atoms with Crippen molar-refractivity contribution in [3.05, 3.63) is 77.2 Å². The first-order valence-corrected chi connectivity index (χ1v) is 13.9. The Bertz CT molecular complexity index is 1300. The van der Waals surface area contributed by atoms with Crippen LogP contribution in [0.25, 0.3) is 0 Å². The molecule has 0 spiro atoms. The highest BCUT2D eigenvalue weighted by Gasteiger charge is 2.45. The van der Waals surface area contributed by atoms with Crippen LogP contribution in [-0.4, -0.2) is 58.7 Å². The van der Waals surface area contributed by atoms with Crippen LogP contribution in [0.2, 0.25) is 0 Å². The summed E-state index contributed by atoms with van der Waals surface area (Å²) < 4.78 is 31.0. The zero-order valence-electron chi connectivity index (χ0n) is 22.6. The van der Waals surface area contributed by atoms with Gasteiger partial charge in [0.15, 0.2) is 0 Å². The number of ether oxygens (including phenoxy) is 1. The number of benzene rings is 1. The highest BCUT2D eigenvalue weighted by molar-refractivity contribution is 5.73. The number of nitrogens with zero attached hydrogens (tertiary/aromatic N) is 5. The third-order valence-corrected chi connectivity index (χ3v) is 8.52. The van der Waals surface area contributed by atoms with Gasteiger partial charge in [-0.2, -0.15) is 5.10 Å².